The Morgan fingerprint density at radius 3 is 2.29 bits per heavy atom. The first-order chi connectivity index (χ1) is 11.3. The summed E-state index contributed by atoms with van der Waals surface area (Å²) in [6.07, 6.45) is 0. The molecule has 2 aromatic rings. The first kappa shape index (κ1) is 18.8. The molecular formula is C15H17Cl2N3O3S. The predicted octanol–water partition coefficient (Wildman–Crippen LogP) is 3.89. The number of carbonyl (C=O) groups excluding carboxylic acids is 1. The molecule has 24 heavy (non-hydrogen) atoms. The summed E-state index contributed by atoms with van der Waals surface area (Å²) in [5.74, 6) is 0.398. The number of alkyl halides is 2. The van der Waals surface area contributed by atoms with Crippen LogP contribution >= 0.6 is 34.5 Å². The van der Waals surface area contributed by atoms with Gasteiger partial charge in [0.05, 0.1) is 14.2 Å². The summed E-state index contributed by atoms with van der Waals surface area (Å²) in [5.41, 5.74) is -0.294. The minimum Gasteiger partial charge on any atom is -0.496 e. The second kappa shape index (κ2) is 7.55. The Labute approximate surface area is 154 Å². The second-order valence-corrected chi connectivity index (χ2v) is 7.50. The molecule has 0 unspecified atom stereocenters. The van der Waals surface area contributed by atoms with E-state index < -0.39 is 16.2 Å². The monoisotopic (exact) mass is 389 g/mol. The number of carbonyl (C=O) groups is 1. The predicted molar refractivity (Wildman–Crippen MR) is 95.9 cm³/mol. The molecule has 1 N–H and O–H groups in total. The first-order valence-corrected chi connectivity index (χ1v) is 8.64. The van der Waals surface area contributed by atoms with Crippen molar-refractivity contribution < 1.29 is 14.3 Å². The number of aromatic nitrogens is 2. The highest BCUT2D eigenvalue weighted by molar-refractivity contribution is 7.15. The summed E-state index contributed by atoms with van der Waals surface area (Å²) in [7, 11) is 2.97. The van der Waals surface area contributed by atoms with E-state index in [-0.39, 0.29) is 5.56 Å². The molecule has 0 atom stereocenters. The van der Waals surface area contributed by atoms with Crippen molar-refractivity contribution in [2.24, 2.45) is 0 Å². The van der Waals surface area contributed by atoms with E-state index in [2.05, 4.69) is 15.5 Å². The van der Waals surface area contributed by atoms with Gasteiger partial charge in [0.2, 0.25) is 5.13 Å². The van der Waals surface area contributed by atoms with Gasteiger partial charge in [0, 0.05) is 5.41 Å². The zero-order chi connectivity index (χ0) is 17.9. The second-order valence-electron chi connectivity index (χ2n) is 5.43. The highest BCUT2D eigenvalue weighted by Gasteiger charge is 2.32. The fourth-order valence-corrected chi connectivity index (χ4v) is 3.07. The minimum atomic E-state index is -0.650. The summed E-state index contributed by atoms with van der Waals surface area (Å²) in [6.45, 7) is 3.71. The van der Waals surface area contributed by atoms with Crippen LogP contribution in [0.3, 0.4) is 0 Å². The van der Waals surface area contributed by atoms with Gasteiger partial charge in [-0.25, -0.2) is 0 Å². The normalized spacial score (nSPS) is 11.5. The zero-order valence-electron chi connectivity index (χ0n) is 13.6. The molecule has 0 bridgehead atoms. The third kappa shape index (κ3) is 3.74. The number of rotatable bonds is 6. The number of hydrogen-bond acceptors (Lipinski definition) is 6. The van der Waals surface area contributed by atoms with Gasteiger partial charge >= 0.3 is 0 Å². The molecule has 2 rings (SSSR count). The Balaban J connectivity index is 2.27. The van der Waals surface area contributed by atoms with E-state index in [0.717, 1.165) is 0 Å². The fraction of sp³-hybridized carbons (Fsp3) is 0.400. The molecule has 1 aromatic carbocycles. The summed E-state index contributed by atoms with van der Waals surface area (Å²) >= 11 is 13.2. The molecular weight excluding hydrogens is 373 g/mol. The quantitative estimate of drug-likeness (QED) is 0.758. The van der Waals surface area contributed by atoms with Crippen molar-refractivity contribution in [1.82, 2.24) is 10.2 Å². The summed E-state index contributed by atoms with van der Waals surface area (Å²) < 4.78 is 10.5. The number of amides is 1. The van der Waals surface area contributed by atoms with Crippen LogP contribution in [0.4, 0.5) is 5.13 Å². The fourth-order valence-electron chi connectivity index (χ4n) is 1.86. The smallest absolute Gasteiger partial charge is 0.265 e. The third-order valence-corrected chi connectivity index (χ3v) is 5.67. The molecule has 6 nitrogen and oxygen atoms in total. The SMILES string of the molecule is COc1cccc(OC)c1C(=O)Nc1nnc(C(C)(C)C(Cl)Cl)s1. The van der Waals surface area contributed by atoms with Gasteiger partial charge in [0.25, 0.3) is 5.91 Å². The molecule has 1 heterocycles. The van der Waals surface area contributed by atoms with E-state index in [1.165, 1.54) is 25.6 Å². The number of methoxy groups -OCH3 is 2. The average Bonchev–Trinajstić information content (AvgIpc) is 3.02. The number of nitrogens with zero attached hydrogens (tertiary/aromatic N) is 2. The first-order valence-electron chi connectivity index (χ1n) is 6.95. The Bertz CT molecular complexity index is 712. The largest absolute Gasteiger partial charge is 0.496 e. The molecule has 9 heteroatoms. The zero-order valence-corrected chi connectivity index (χ0v) is 15.9. The number of halogens is 2. The number of benzene rings is 1. The Hall–Kier alpha value is -1.57. The van der Waals surface area contributed by atoms with E-state index in [0.29, 0.717) is 21.6 Å². The van der Waals surface area contributed by atoms with Gasteiger partial charge in [-0.1, -0.05) is 31.3 Å². The van der Waals surface area contributed by atoms with Gasteiger partial charge in [-0.15, -0.1) is 33.4 Å². The number of anilines is 1. The van der Waals surface area contributed by atoms with Crippen LogP contribution in [0.5, 0.6) is 11.5 Å². The van der Waals surface area contributed by atoms with Crippen molar-refractivity contribution in [3.05, 3.63) is 28.8 Å². The highest BCUT2D eigenvalue weighted by atomic mass is 35.5. The topological polar surface area (TPSA) is 73.3 Å². The Morgan fingerprint density at radius 2 is 1.79 bits per heavy atom. The van der Waals surface area contributed by atoms with Crippen LogP contribution in [-0.4, -0.2) is 35.2 Å². The molecule has 130 valence electrons. The maximum Gasteiger partial charge on any atom is 0.265 e. The number of ether oxygens (including phenoxy) is 2. The molecule has 0 fully saturated rings. The van der Waals surface area contributed by atoms with Crippen LogP contribution in [-0.2, 0) is 5.41 Å². The lowest BCUT2D eigenvalue weighted by Gasteiger charge is -2.21. The summed E-state index contributed by atoms with van der Waals surface area (Å²) in [5, 5.41) is 11.7. The van der Waals surface area contributed by atoms with Crippen molar-refractivity contribution in [3.63, 3.8) is 0 Å². The van der Waals surface area contributed by atoms with Gasteiger partial charge in [-0.3, -0.25) is 10.1 Å². The van der Waals surface area contributed by atoms with Crippen molar-refractivity contribution in [3.8, 4) is 11.5 Å². The van der Waals surface area contributed by atoms with Crippen LogP contribution in [0.15, 0.2) is 18.2 Å². The maximum atomic E-state index is 12.6. The molecule has 1 amide bonds. The lowest BCUT2D eigenvalue weighted by Crippen LogP contribution is -2.25. The lowest BCUT2D eigenvalue weighted by molar-refractivity contribution is 0.102. The molecule has 0 aliphatic rings. The van der Waals surface area contributed by atoms with Crippen LogP contribution in [0.1, 0.15) is 29.2 Å². The number of nitrogens with one attached hydrogen (secondary N) is 1. The van der Waals surface area contributed by atoms with Crippen LogP contribution in [0.2, 0.25) is 0 Å². The van der Waals surface area contributed by atoms with E-state index >= 15 is 0 Å². The molecule has 0 saturated carbocycles. The Kier molecular flexibility index (Phi) is 5.90. The lowest BCUT2D eigenvalue weighted by atomic mass is 9.98. The van der Waals surface area contributed by atoms with E-state index in [4.69, 9.17) is 32.7 Å². The number of hydrogen-bond donors (Lipinski definition) is 1. The van der Waals surface area contributed by atoms with Crippen LogP contribution in [0, 0.1) is 0 Å². The van der Waals surface area contributed by atoms with E-state index in [1.54, 1.807) is 18.2 Å². The molecule has 0 aliphatic heterocycles. The molecule has 0 aliphatic carbocycles. The van der Waals surface area contributed by atoms with Crippen LogP contribution < -0.4 is 14.8 Å². The molecule has 1 aromatic heterocycles. The average molecular weight is 390 g/mol. The standard InChI is InChI=1S/C15H17Cl2N3O3S/c1-15(2,12(16)17)13-19-20-14(24-13)18-11(21)10-8(22-3)6-5-7-9(10)23-4/h5-7,12H,1-4H3,(H,18,20,21). The van der Waals surface area contributed by atoms with Gasteiger partial charge in [0.1, 0.15) is 26.9 Å². The van der Waals surface area contributed by atoms with E-state index in [9.17, 15) is 4.79 Å². The van der Waals surface area contributed by atoms with Crippen molar-refractivity contribution in [2.75, 3.05) is 19.5 Å². The third-order valence-electron chi connectivity index (χ3n) is 3.40. The summed E-state index contributed by atoms with van der Waals surface area (Å²) in [6, 6.07) is 5.09. The van der Waals surface area contributed by atoms with E-state index in [1.807, 2.05) is 13.8 Å². The molecule has 0 saturated heterocycles. The Morgan fingerprint density at radius 1 is 1.21 bits per heavy atom. The maximum absolute atomic E-state index is 12.6. The van der Waals surface area contributed by atoms with Gasteiger partial charge in [-0.05, 0) is 12.1 Å². The molecule has 0 spiro atoms. The van der Waals surface area contributed by atoms with Gasteiger partial charge in [0.15, 0.2) is 0 Å². The van der Waals surface area contributed by atoms with Gasteiger partial charge in [-0.2, -0.15) is 0 Å². The van der Waals surface area contributed by atoms with Gasteiger partial charge < -0.3 is 9.47 Å². The van der Waals surface area contributed by atoms with Crippen LogP contribution in [0.25, 0.3) is 0 Å². The minimum absolute atomic E-state index is 0.283. The van der Waals surface area contributed by atoms with Crippen molar-refractivity contribution >= 4 is 45.6 Å². The highest BCUT2D eigenvalue weighted by Crippen LogP contribution is 2.36. The van der Waals surface area contributed by atoms with Crippen molar-refractivity contribution in [2.45, 2.75) is 24.1 Å². The summed E-state index contributed by atoms with van der Waals surface area (Å²) in [4.78, 5) is 11.9. The molecule has 0 radical (unpaired) electrons. The van der Waals surface area contributed by atoms with Crippen molar-refractivity contribution in [1.29, 1.82) is 0 Å².